The number of thiophene rings is 1. The summed E-state index contributed by atoms with van der Waals surface area (Å²) in [4.78, 5) is 16.4. The highest BCUT2D eigenvalue weighted by atomic mass is 32.2. The third-order valence-electron chi connectivity index (χ3n) is 5.69. The van der Waals surface area contributed by atoms with Crippen molar-refractivity contribution in [1.82, 2.24) is 19.7 Å². The Morgan fingerprint density at radius 2 is 1.78 bits per heavy atom. The van der Waals surface area contributed by atoms with Gasteiger partial charge in [-0.3, -0.25) is 9.36 Å². The second-order valence-electron chi connectivity index (χ2n) is 7.78. The van der Waals surface area contributed by atoms with Crippen LogP contribution in [-0.4, -0.2) is 37.9 Å². The van der Waals surface area contributed by atoms with Gasteiger partial charge in [0.25, 0.3) is 0 Å². The number of carbonyl (C=O) groups is 1. The predicted molar refractivity (Wildman–Crippen MR) is 129 cm³/mol. The molecule has 1 fully saturated rings. The predicted octanol–water partition coefficient (Wildman–Crippen LogP) is 5.38. The Kier molecular flexibility index (Phi) is 6.36. The van der Waals surface area contributed by atoms with Crippen molar-refractivity contribution in [3.8, 4) is 5.69 Å². The smallest absolute Gasteiger partial charge is 0.233 e. The fraction of sp³-hybridized carbons (Fsp3) is 0.240. The molecule has 162 valence electrons. The van der Waals surface area contributed by atoms with Crippen LogP contribution in [0.25, 0.3) is 5.69 Å². The first-order valence-electron chi connectivity index (χ1n) is 10.8. The standard InChI is InChI=1S/C25H24N4OS2/c30-24(28-15-7-13-21(28)22-14-8-16-31-22)18-32-25-27-26-23(17-19-9-3-1-4-10-19)29(25)20-11-5-2-6-12-20/h1-6,8-12,14,16,21H,7,13,15,17-18H2. The van der Waals surface area contributed by atoms with Gasteiger partial charge in [0.15, 0.2) is 5.16 Å². The van der Waals surface area contributed by atoms with E-state index in [1.807, 2.05) is 41.3 Å². The molecule has 7 heteroatoms. The van der Waals surface area contributed by atoms with Crippen LogP contribution in [0.1, 0.15) is 35.1 Å². The second-order valence-corrected chi connectivity index (χ2v) is 9.70. The summed E-state index contributed by atoms with van der Waals surface area (Å²) in [6.07, 6.45) is 2.78. The molecule has 0 spiro atoms. The lowest BCUT2D eigenvalue weighted by Gasteiger charge is -2.23. The zero-order valence-electron chi connectivity index (χ0n) is 17.6. The molecule has 0 saturated carbocycles. The first-order valence-corrected chi connectivity index (χ1v) is 12.7. The Bertz CT molecular complexity index is 1160. The van der Waals surface area contributed by atoms with Gasteiger partial charge in [-0.05, 0) is 42.0 Å². The zero-order chi connectivity index (χ0) is 21.8. The Balaban J connectivity index is 1.36. The van der Waals surface area contributed by atoms with E-state index < -0.39 is 0 Å². The van der Waals surface area contributed by atoms with Crippen molar-refractivity contribution < 1.29 is 4.79 Å². The molecule has 5 rings (SSSR count). The van der Waals surface area contributed by atoms with Gasteiger partial charge in [-0.2, -0.15) is 0 Å². The first kappa shape index (κ1) is 21.0. The van der Waals surface area contributed by atoms with E-state index in [9.17, 15) is 4.79 Å². The summed E-state index contributed by atoms with van der Waals surface area (Å²) >= 11 is 3.20. The molecular weight excluding hydrogens is 436 g/mol. The van der Waals surface area contributed by atoms with E-state index in [0.717, 1.165) is 36.1 Å². The van der Waals surface area contributed by atoms with E-state index in [1.165, 1.54) is 22.2 Å². The van der Waals surface area contributed by atoms with E-state index in [-0.39, 0.29) is 11.9 Å². The highest BCUT2D eigenvalue weighted by Gasteiger charge is 2.30. The molecule has 0 N–H and O–H groups in total. The topological polar surface area (TPSA) is 51.0 Å². The zero-order valence-corrected chi connectivity index (χ0v) is 19.3. The molecule has 0 bridgehead atoms. The number of hydrogen-bond acceptors (Lipinski definition) is 5. The quantitative estimate of drug-likeness (QED) is 0.348. The van der Waals surface area contributed by atoms with Crippen molar-refractivity contribution in [3.63, 3.8) is 0 Å². The van der Waals surface area contributed by atoms with Crippen LogP contribution >= 0.6 is 23.1 Å². The molecule has 5 nitrogen and oxygen atoms in total. The number of para-hydroxylation sites is 1. The fourth-order valence-corrected chi connectivity index (χ4v) is 5.90. The van der Waals surface area contributed by atoms with Crippen molar-refractivity contribution in [2.75, 3.05) is 12.3 Å². The molecule has 1 aliphatic rings. The number of rotatable bonds is 7. The molecule has 2 aromatic carbocycles. The monoisotopic (exact) mass is 460 g/mol. The maximum Gasteiger partial charge on any atom is 0.233 e. The lowest BCUT2D eigenvalue weighted by atomic mass is 10.1. The number of benzene rings is 2. The molecule has 1 atom stereocenters. The Morgan fingerprint density at radius 3 is 2.53 bits per heavy atom. The summed E-state index contributed by atoms with van der Waals surface area (Å²) in [5.74, 6) is 1.39. The molecule has 0 radical (unpaired) electrons. The third-order valence-corrected chi connectivity index (χ3v) is 7.58. The van der Waals surface area contributed by atoms with Gasteiger partial charge in [-0.15, -0.1) is 21.5 Å². The van der Waals surface area contributed by atoms with Crippen molar-refractivity contribution in [3.05, 3.63) is 94.4 Å². The third kappa shape index (κ3) is 4.49. The second kappa shape index (κ2) is 9.71. The number of likely N-dealkylation sites (tertiary alicyclic amines) is 1. The van der Waals surface area contributed by atoms with E-state index in [0.29, 0.717) is 12.2 Å². The Hall–Kier alpha value is -2.90. The first-order chi connectivity index (χ1) is 15.8. The molecule has 1 unspecified atom stereocenters. The van der Waals surface area contributed by atoms with Crippen molar-refractivity contribution in [2.24, 2.45) is 0 Å². The fourth-order valence-electron chi connectivity index (χ4n) is 4.17. The van der Waals surface area contributed by atoms with Crippen LogP contribution in [0.2, 0.25) is 0 Å². The minimum Gasteiger partial charge on any atom is -0.334 e. The van der Waals surface area contributed by atoms with Gasteiger partial charge < -0.3 is 4.90 Å². The summed E-state index contributed by atoms with van der Waals surface area (Å²) in [7, 11) is 0. The number of hydrogen-bond donors (Lipinski definition) is 0. The van der Waals surface area contributed by atoms with Gasteiger partial charge in [0, 0.05) is 23.5 Å². The Morgan fingerprint density at radius 1 is 1.00 bits per heavy atom. The van der Waals surface area contributed by atoms with Gasteiger partial charge in [0.2, 0.25) is 5.91 Å². The van der Waals surface area contributed by atoms with Gasteiger partial charge in [-0.25, -0.2) is 0 Å². The summed E-state index contributed by atoms with van der Waals surface area (Å²) in [6.45, 7) is 0.826. The lowest BCUT2D eigenvalue weighted by Crippen LogP contribution is -2.31. The van der Waals surface area contributed by atoms with E-state index in [1.54, 1.807) is 11.3 Å². The molecule has 1 amide bonds. The van der Waals surface area contributed by atoms with E-state index >= 15 is 0 Å². The molecule has 1 aliphatic heterocycles. The Labute approximate surface area is 196 Å². The van der Waals surface area contributed by atoms with E-state index in [4.69, 9.17) is 0 Å². The van der Waals surface area contributed by atoms with E-state index in [2.05, 4.69) is 56.5 Å². The lowest BCUT2D eigenvalue weighted by molar-refractivity contribution is -0.129. The number of aromatic nitrogens is 3. The average Bonchev–Trinajstić information content (AvgIpc) is 3.59. The largest absolute Gasteiger partial charge is 0.334 e. The van der Waals surface area contributed by atoms with Crippen LogP contribution in [0, 0.1) is 0 Å². The molecule has 1 saturated heterocycles. The molecule has 0 aliphatic carbocycles. The summed E-state index contributed by atoms with van der Waals surface area (Å²) in [5, 5.41) is 11.8. The van der Waals surface area contributed by atoms with Crippen LogP contribution < -0.4 is 0 Å². The van der Waals surface area contributed by atoms with Gasteiger partial charge in [-0.1, -0.05) is 66.4 Å². The normalized spacial score (nSPS) is 15.9. The van der Waals surface area contributed by atoms with Crippen molar-refractivity contribution in [1.29, 1.82) is 0 Å². The SMILES string of the molecule is O=C(CSc1nnc(Cc2ccccc2)n1-c1ccccc1)N1CCCC1c1cccs1. The molecule has 3 heterocycles. The van der Waals surface area contributed by atoms with Gasteiger partial charge in [0.05, 0.1) is 11.8 Å². The van der Waals surface area contributed by atoms with Crippen LogP contribution in [0.3, 0.4) is 0 Å². The van der Waals surface area contributed by atoms with Crippen LogP contribution in [-0.2, 0) is 11.2 Å². The molecule has 4 aromatic rings. The van der Waals surface area contributed by atoms with Gasteiger partial charge in [0.1, 0.15) is 5.82 Å². The molecule has 32 heavy (non-hydrogen) atoms. The molecular formula is C25H24N4OS2. The van der Waals surface area contributed by atoms with Crippen LogP contribution in [0.5, 0.6) is 0 Å². The average molecular weight is 461 g/mol. The summed E-state index contributed by atoms with van der Waals surface area (Å²) < 4.78 is 2.08. The van der Waals surface area contributed by atoms with Crippen LogP contribution in [0.15, 0.2) is 83.3 Å². The minimum absolute atomic E-state index is 0.165. The number of amides is 1. The van der Waals surface area contributed by atoms with Crippen molar-refractivity contribution in [2.45, 2.75) is 30.5 Å². The van der Waals surface area contributed by atoms with Crippen LogP contribution in [0.4, 0.5) is 0 Å². The summed E-state index contributed by atoms with van der Waals surface area (Å²) in [6, 6.07) is 24.8. The van der Waals surface area contributed by atoms with Gasteiger partial charge >= 0.3 is 0 Å². The van der Waals surface area contributed by atoms with Crippen molar-refractivity contribution >= 4 is 29.0 Å². The number of carbonyl (C=O) groups excluding carboxylic acids is 1. The highest BCUT2D eigenvalue weighted by Crippen LogP contribution is 2.35. The maximum absolute atomic E-state index is 13.1. The summed E-state index contributed by atoms with van der Waals surface area (Å²) in [5.41, 5.74) is 2.19. The maximum atomic E-state index is 13.1. The molecule has 2 aromatic heterocycles. The number of nitrogens with zero attached hydrogens (tertiary/aromatic N) is 4. The minimum atomic E-state index is 0.165. The number of thioether (sulfide) groups is 1. The highest BCUT2D eigenvalue weighted by molar-refractivity contribution is 7.99.